The second-order valence-electron chi connectivity index (χ2n) is 5.94. The van der Waals surface area contributed by atoms with Gasteiger partial charge in [0.2, 0.25) is 10.0 Å². The zero-order chi connectivity index (χ0) is 17.7. The largest absolute Gasteiger partial charge is 0.256 e. The monoisotopic (exact) mass is 352 g/mol. The van der Waals surface area contributed by atoms with Gasteiger partial charge in [0.15, 0.2) is 0 Å². The molecule has 0 saturated carbocycles. The lowest BCUT2D eigenvalue weighted by Crippen LogP contribution is -2.25. The van der Waals surface area contributed by atoms with Crippen molar-refractivity contribution in [1.29, 1.82) is 0 Å². The minimum Gasteiger partial charge on any atom is -0.256 e. The van der Waals surface area contributed by atoms with Crippen molar-refractivity contribution in [1.82, 2.24) is 9.71 Å². The van der Waals surface area contributed by atoms with Gasteiger partial charge < -0.3 is 0 Å². The van der Waals surface area contributed by atoms with Gasteiger partial charge in [-0.15, -0.1) is 0 Å². The number of aromatic nitrogens is 1. The zero-order valence-electron chi connectivity index (χ0n) is 14.0. The lowest BCUT2D eigenvalue weighted by Gasteiger charge is -2.11. The highest BCUT2D eigenvalue weighted by molar-refractivity contribution is 7.88. The summed E-state index contributed by atoms with van der Waals surface area (Å²) in [5, 5.41) is 0. The molecule has 2 aromatic carbocycles. The van der Waals surface area contributed by atoms with Gasteiger partial charge in [-0.2, -0.15) is 0 Å². The molecule has 1 heterocycles. The summed E-state index contributed by atoms with van der Waals surface area (Å²) in [4.78, 5) is 4.43. The molecule has 0 atom stereocenters. The summed E-state index contributed by atoms with van der Waals surface area (Å²) in [6, 6.07) is 20.9. The number of nitrogens with zero attached hydrogens (tertiary/aromatic N) is 1. The van der Waals surface area contributed by atoms with Gasteiger partial charge in [-0.05, 0) is 24.1 Å². The van der Waals surface area contributed by atoms with E-state index in [-0.39, 0.29) is 12.3 Å². The highest BCUT2D eigenvalue weighted by Crippen LogP contribution is 2.21. The van der Waals surface area contributed by atoms with Crippen molar-refractivity contribution in [3.8, 4) is 11.3 Å². The lowest BCUT2D eigenvalue weighted by molar-refractivity contribution is 0.580. The van der Waals surface area contributed by atoms with Gasteiger partial charge >= 0.3 is 0 Å². The molecule has 3 rings (SSSR count). The Hall–Kier alpha value is -2.50. The van der Waals surface area contributed by atoms with Crippen LogP contribution in [-0.4, -0.2) is 13.4 Å². The van der Waals surface area contributed by atoms with Crippen LogP contribution in [0.2, 0.25) is 0 Å². The maximum Gasteiger partial charge on any atom is 0.216 e. The molecule has 128 valence electrons. The fourth-order valence-corrected chi connectivity index (χ4v) is 3.69. The minimum absolute atomic E-state index is 0.0338. The maximum atomic E-state index is 12.3. The minimum atomic E-state index is -3.42. The van der Waals surface area contributed by atoms with E-state index >= 15 is 0 Å². The molecule has 0 aliphatic rings. The van der Waals surface area contributed by atoms with E-state index in [1.54, 1.807) is 18.3 Å². The highest BCUT2D eigenvalue weighted by Gasteiger charge is 2.13. The highest BCUT2D eigenvalue weighted by atomic mass is 32.2. The third kappa shape index (κ3) is 4.75. The molecule has 0 radical (unpaired) electrons. The fourth-order valence-electron chi connectivity index (χ4n) is 2.59. The van der Waals surface area contributed by atoms with Gasteiger partial charge in [-0.25, -0.2) is 13.1 Å². The summed E-state index contributed by atoms with van der Waals surface area (Å²) in [5.74, 6) is -0.0338. The predicted molar refractivity (Wildman–Crippen MR) is 100 cm³/mol. The predicted octanol–water partition coefficient (Wildman–Crippen LogP) is 3.68. The number of hydrogen-bond acceptors (Lipinski definition) is 3. The van der Waals surface area contributed by atoms with Gasteiger partial charge in [0.1, 0.15) is 0 Å². The lowest BCUT2D eigenvalue weighted by atomic mass is 10.0. The molecule has 1 aromatic heterocycles. The Kier molecular flexibility index (Phi) is 5.26. The third-order valence-electron chi connectivity index (χ3n) is 3.90. The first-order valence-electron chi connectivity index (χ1n) is 8.06. The van der Waals surface area contributed by atoms with Crippen LogP contribution in [0.4, 0.5) is 0 Å². The maximum absolute atomic E-state index is 12.3. The Morgan fingerprint density at radius 1 is 0.920 bits per heavy atom. The molecule has 0 aliphatic heterocycles. The van der Waals surface area contributed by atoms with Crippen molar-refractivity contribution in [2.24, 2.45) is 0 Å². The van der Waals surface area contributed by atoms with Crippen LogP contribution in [0.25, 0.3) is 11.3 Å². The van der Waals surface area contributed by atoms with Crippen molar-refractivity contribution < 1.29 is 8.42 Å². The number of hydrogen-bond donors (Lipinski definition) is 1. The van der Waals surface area contributed by atoms with Gasteiger partial charge in [-0.1, -0.05) is 66.2 Å². The summed E-state index contributed by atoms with van der Waals surface area (Å²) in [5.41, 5.74) is 4.56. The van der Waals surface area contributed by atoms with Crippen molar-refractivity contribution in [3.63, 3.8) is 0 Å². The van der Waals surface area contributed by atoms with Gasteiger partial charge in [-0.3, -0.25) is 4.98 Å². The van der Waals surface area contributed by atoms with Crippen molar-refractivity contribution in [2.45, 2.75) is 19.2 Å². The van der Waals surface area contributed by atoms with Gasteiger partial charge in [0.25, 0.3) is 0 Å². The second-order valence-corrected chi connectivity index (χ2v) is 7.75. The van der Waals surface area contributed by atoms with Gasteiger partial charge in [0.05, 0.1) is 11.4 Å². The van der Waals surface area contributed by atoms with E-state index in [0.717, 1.165) is 22.4 Å². The Bertz CT molecular complexity index is 937. The van der Waals surface area contributed by atoms with Crippen LogP contribution in [0.1, 0.15) is 16.7 Å². The SMILES string of the molecule is Cc1ccc(-c2ncccc2CNS(=O)(=O)Cc2ccccc2)cc1. The molecule has 25 heavy (non-hydrogen) atoms. The zero-order valence-corrected chi connectivity index (χ0v) is 14.8. The van der Waals surface area contributed by atoms with Gasteiger partial charge in [0, 0.05) is 18.3 Å². The first-order chi connectivity index (χ1) is 12.0. The summed E-state index contributed by atoms with van der Waals surface area (Å²) >= 11 is 0. The van der Waals surface area contributed by atoms with E-state index in [2.05, 4.69) is 9.71 Å². The number of sulfonamides is 1. The Balaban J connectivity index is 1.76. The summed E-state index contributed by atoms with van der Waals surface area (Å²) in [6.45, 7) is 2.24. The number of benzene rings is 2. The third-order valence-corrected chi connectivity index (χ3v) is 5.20. The fraction of sp³-hybridized carbons (Fsp3) is 0.150. The first kappa shape index (κ1) is 17.3. The summed E-state index contributed by atoms with van der Waals surface area (Å²) in [7, 11) is -3.42. The van der Waals surface area contributed by atoms with Crippen LogP contribution in [0, 0.1) is 6.92 Å². The van der Waals surface area contributed by atoms with Crippen LogP contribution < -0.4 is 4.72 Å². The number of pyridine rings is 1. The molecule has 4 nitrogen and oxygen atoms in total. The number of nitrogens with one attached hydrogen (secondary N) is 1. The number of rotatable bonds is 6. The first-order valence-corrected chi connectivity index (χ1v) is 9.71. The standard InChI is InChI=1S/C20H20N2O2S/c1-16-9-11-18(12-10-16)20-19(8-5-13-21-20)14-22-25(23,24)15-17-6-3-2-4-7-17/h2-13,22H,14-15H2,1H3. The summed E-state index contributed by atoms with van der Waals surface area (Å²) < 4.78 is 27.3. The van der Waals surface area contributed by atoms with Crippen LogP contribution in [0.15, 0.2) is 72.9 Å². The quantitative estimate of drug-likeness (QED) is 0.736. The summed E-state index contributed by atoms with van der Waals surface area (Å²) in [6.07, 6.45) is 1.72. The van der Waals surface area contributed by atoms with Crippen molar-refractivity contribution >= 4 is 10.0 Å². The van der Waals surface area contributed by atoms with E-state index in [1.807, 2.05) is 61.5 Å². The van der Waals surface area contributed by atoms with Crippen LogP contribution in [0.3, 0.4) is 0 Å². The second kappa shape index (κ2) is 7.59. The molecule has 0 fully saturated rings. The van der Waals surface area contributed by atoms with E-state index in [9.17, 15) is 8.42 Å². The topological polar surface area (TPSA) is 59.1 Å². The number of aryl methyl sites for hydroxylation is 1. The van der Waals surface area contributed by atoms with Crippen molar-refractivity contribution in [2.75, 3.05) is 0 Å². The molecule has 0 aliphatic carbocycles. The smallest absolute Gasteiger partial charge is 0.216 e. The van der Waals surface area contributed by atoms with Crippen LogP contribution in [-0.2, 0) is 22.3 Å². The van der Waals surface area contributed by atoms with Crippen LogP contribution in [0.5, 0.6) is 0 Å². The Labute approximate surface area is 148 Å². The molecule has 5 heteroatoms. The van der Waals surface area contributed by atoms with Crippen molar-refractivity contribution in [3.05, 3.63) is 89.6 Å². The molecule has 3 aromatic rings. The molecule has 0 bridgehead atoms. The molecule has 0 amide bonds. The normalized spacial score (nSPS) is 11.4. The molecule has 0 unspecified atom stereocenters. The van der Waals surface area contributed by atoms with Crippen LogP contribution >= 0.6 is 0 Å². The molecule has 1 N–H and O–H groups in total. The Morgan fingerprint density at radius 3 is 2.36 bits per heavy atom. The molecule has 0 saturated heterocycles. The molecular formula is C20H20N2O2S. The van der Waals surface area contributed by atoms with E-state index in [1.165, 1.54) is 5.56 Å². The van der Waals surface area contributed by atoms with E-state index in [4.69, 9.17) is 0 Å². The molecular weight excluding hydrogens is 332 g/mol. The average molecular weight is 352 g/mol. The van der Waals surface area contributed by atoms with E-state index in [0.29, 0.717) is 0 Å². The molecule has 0 spiro atoms. The average Bonchev–Trinajstić information content (AvgIpc) is 2.62. The Morgan fingerprint density at radius 2 is 1.64 bits per heavy atom. The van der Waals surface area contributed by atoms with E-state index < -0.39 is 10.0 Å².